The molecular formula is C19H16BrFN2O5. The van der Waals surface area contributed by atoms with Crippen molar-refractivity contribution in [3.8, 4) is 22.9 Å². The molecule has 0 atom stereocenters. The summed E-state index contributed by atoms with van der Waals surface area (Å²) in [6.07, 6.45) is 0. The zero-order chi connectivity index (χ0) is 20.3. The molecule has 7 nitrogen and oxygen atoms in total. The lowest BCUT2D eigenvalue weighted by Crippen LogP contribution is -2.07. The average molecular weight is 451 g/mol. The van der Waals surface area contributed by atoms with Gasteiger partial charge in [0.15, 0.2) is 12.5 Å². The minimum absolute atomic E-state index is 0.000777. The monoisotopic (exact) mass is 450 g/mol. The largest absolute Gasteiger partial charge is 0.479 e. The maximum Gasteiger partial charge on any atom is 0.340 e. The number of carbonyl (C=O) groups is 1. The average Bonchev–Trinajstić information content (AvgIpc) is 2.70. The molecular weight excluding hydrogens is 435 g/mol. The fourth-order valence-electron chi connectivity index (χ4n) is 2.61. The first kappa shape index (κ1) is 20.0. The highest BCUT2D eigenvalue weighted by atomic mass is 79.9. The van der Waals surface area contributed by atoms with Gasteiger partial charge in [-0.1, -0.05) is 22.0 Å². The number of rotatable bonds is 6. The number of hydrogen-bond acceptors (Lipinski definition) is 7. The summed E-state index contributed by atoms with van der Waals surface area (Å²) in [7, 11) is 4.08. The molecule has 0 saturated carbocycles. The van der Waals surface area contributed by atoms with Crippen molar-refractivity contribution in [3.05, 3.63) is 46.2 Å². The van der Waals surface area contributed by atoms with Crippen LogP contribution < -0.4 is 9.47 Å². The van der Waals surface area contributed by atoms with Crippen LogP contribution in [0.1, 0.15) is 10.4 Å². The number of hydrogen-bond donors (Lipinski definition) is 0. The van der Waals surface area contributed by atoms with E-state index in [0.29, 0.717) is 21.3 Å². The Kier molecular flexibility index (Phi) is 6.05. The van der Waals surface area contributed by atoms with Gasteiger partial charge in [-0.2, -0.15) is 0 Å². The van der Waals surface area contributed by atoms with Gasteiger partial charge in [0.1, 0.15) is 17.0 Å². The Morgan fingerprint density at radius 1 is 1.18 bits per heavy atom. The van der Waals surface area contributed by atoms with Crippen LogP contribution in [0, 0.1) is 5.82 Å². The first-order valence-corrected chi connectivity index (χ1v) is 8.83. The van der Waals surface area contributed by atoms with E-state index in [0.717, 1.165) is 0 Å². The molecule has 0 unspecified atom stereocenters. The molecule has 146 valence electrons. The Hall–Kier alpha value is -2.78. The van der Waals surface area contributed by atoms with Gasteiger partial charge in [-0.3, -0.25) is 0 Å². The topological polar surface area (TPSA) is 79.8 Å². The number of nitrogens with zero attached hydrogens (tertiary/aromatic N) is 2. The number of benzene rings is 2. The molecule has 0 radical (unpaired) electrons. The molecule has 2 aromatic carbocycles. The van der Waals surface area contributed by atoms with E-state index >= 15 is 0 Å². The van der Waals surface area contributed by atoms with Crippen LogP contribution in [0.4, 0.5) is 4.39 Å². The summed E-state index contributed by atoms with van der Waals surface area (Å²) in [5.41, 5.74) is 0.831. The predicted octanol–water partition coefficient (Wildman–Crippen LogP) is 3.98. The Bertz CT molecular complexity index is 1040. The SMILES string of the molecule is COCOc1cc(Br)cc2nc(OC)c(-c3cccc(C(=O)OC)c3F)nc12. The van der Waals surface area contributed by atoms with Gasteiger partial charge >= 0.3 is 5.97 Å². The second kappa shape index (κ2) is 8.49. The molecule has 0 aliphatic carbocycles. The Balaban J connectivity index is 2.26. The number of fused-ring (bicyclic) bond motifs is 1. The van der Waals surface area contributed by atoms with Gasteiger partial charge < -0.3 is 18.9 Å². The van der Waals surface area contributed by atoms with Crippen molar-refractivity contribution in [2.75, 3.05) is 28.1 Å². The van der Waals surface area contributed by atoms with Crippen molar-refractivity contribution < 1.29 is 28.1 Å². The van der Waals surface area contributed by atoms with Gasteiger partial charge in [0.2, 0.25) is 5.88 Å². The molecule has 0 N–H and O–H groups in total. The van der Waals surface area contributed by atoms with Crippen LogP contribution in [0.2, 0.25) is 0 Å². The number of aromatic nitrogens is 2. The fraction of sp³-hybridized carbons (Fsp3) is 0.211. The van der Waals surface area contributed by atoms with E-state index in [4.69, 9.17) is 14.2 Å². The summed E-state index contributed by atoms with van der Waals surface area (Å²) in [6.45, 7) is 0.000777. The molecule has 0 aliphatic rings. The number of carbonyl (C=O) groups excluding carboxylic acids is 1. The highest BCUT2D eigenvalue weighted by molar-refractivity contribution is 9.10. The summed E-state index contributed by atoms with van der Waals surface area (Å²) < 4.78 is 36.2. The summed E-state index contributed by atoms with van der Waals surface area (Å²) in [4.78, 5) is 20.8. The molecule has 28 heavy (non-hydrogen) atoms. The van der Waals surface area contributed by atoms with Gasteiger partial charge in [-0.15, -0.1) is 0 Å². The zero-order valence-electron chi connectivity index (χ0n) is 15.3. The van der Waals surface area contributed by atoms with Crippen LogP contribution in [0.25, 0.3) is 22.3 Å². The summed E-state index contributed by atoms with van der Waals surface area (Å²) in [5, 5.41) is 0. The maximum atomic E-state index is 15.0. The van der Waals surface area contributed by atoms with E-state index in [1.807, 2.05) is 0 Å². The summed E-state index contributed by atoms with van der Waals surface area (Å²) in [6, 6.07) is 7.77. The molecule has 0 aliphatic heterocycles. The van der Waals surface area contributed by atoms with Crippen LogP contribution in [0.3, 0.4) is 0 Å². The van der Waals surface area contributed by atoms with E-state index < -0.39 is 11.8 Å². The lowest BCUT2D eigenvalue weighted by atomic mass is 10.1. The first-order chi connectivity index (χ1) is 13.5. The van der Waals surface area contributed by atoms with Gasteiger partial charge in [0, 0.05) is 17.1 Å². The Labute approximate surface area is 168 Å². The molecule has 0 fully saturated rings. The predicted molar refractivity (Wildman–Crippen MR) is 103 cm³/mol. The Morgan fingerprint density at radius 2 is 1.96 bits per heavy atom. The quantitative estimate of drug-likeness (QED) is 0.415. The third-order valence-corrected chi connectivity index (χ3v) is 4.31. The van der Waals surface area contributed by atoms with E-state index in [1.165, 1.54) is 39.5 Å². The van der Waals surface area contributed by atoms with Gasteiger partial charge in [-0.05, 0) is 24.3 Å². The van der Waals surface area contributed by atoms with Crippen molar-refractivity contribution in [1.29, 1.82) is 0 Å². The number of halogens is 2. The second-order valence-electron chi connectivity index (χ2n) is 5.56. The highest BCUT2D eigenvalue weighted by Crippen LogP contribution is 2.35. The van der Waals surface area contributed by atoms with Gasteiger partial charge in [0.25, 0.3) is 0 Å². The second-order valence-corrected chi connectivity index (χ2v) is 6.48. The molecule has 3 rings (SSSR count). The van der Waals surface area contributed by atoms with Crippen molar-refractivity contribution in [2.45, 2.75) is 0 Å². The van der Waals surface area contributed by atoms with Crippen molar-refractivity contribution >= 4 is 32.9 Å². The lowest BCUT2D eigenvalue weighted by Gasteiger charge is -2.13. The molecule has 0 saturated heterocycles. The fourth-order valence-corrected chi connectivity index (χ4v) is 3.04. The van der Waals surface area contributed by atoms with Gasteiger partial charge in [0.05, 0.1) is 25.3 Å². The van der Waals surface area contributed by atoms with Gasteiger partial charge in [-0.25, -0.2) is 19.2 Å². The third-order valence-electron chi connectivity index (χ3n) is 3.85. The number of esters is 1. The summed E-state index contributed by atoms with van der Waals surface area (Å²) >= 11 is 3.39. The van der Waals surface area contributed by atoms with Crippen LogP contribution in [-0.4, -0.2) is 44.1 Å². The molecule has 1 aromatic heterocycles. The van der Waals surface area contributed by atoms with Crippen LogP contribution in [0.15, 0.2) is 34.8 Å². The smallest absolute Gasteiger partial charge is 0.340 e. The van der Waals surface area contributed by atoms with E-state index in [-0.39, 0.29) is 29.5 Å². The lowest BCUT2D eigenvalue weighted by molar-refractivity contribution is 0.0520. The molecule has 1 heterocycles. The first-order valence-electron chi connectivity index (χ1n) is 8.04. The van der Waals surface area contributed by atoms with Crippen molar-refractivity contribution in [3.63, 3.8) is 0 Å². The van der Waals surface area contributed by atoms with E-state index in [1.54, 1.807) is 12.1 Å². The molecule has 0 amide bonds. The molecule has 3 aromatic rings. The summed E-state index contributed by atoms with van der Waals surface area (Å²) in [5.74, 6) is -1.07. The third kappa shape index (κ3) is 3.76. The van der Waals surface area contributed by atoms with Crippen LogP contribution >= 0.6 is 15.9 Å². The molecule has 0 bridgehead atoms. The zero-order valence-corrected chi connectivity index (χ0v) is 16.9. The minimum Gasteiger partial charge on any atom is -0.479 e. The van der Waals surface area contributed by atoms with E-state index in [9.17, 15) is 9.18 Å². The Morgan fingerprint density at radius 3 is 2.64 bits per heavy atom. The van der Waals surface area contributed by atoms with Crippen LogP contribution in [-0.2, 0) is 9.47 Å². The standard InChI is InChI=1S/C19H16BrFN2O5/c1-25-9-28-14-8-10(20)7-13-17(14)23-16(18(22-13)26-2)11-5-4-6-12(15(11)21)19(24)27-3/h4-8H,9H2,1-3H3. The normalized spacial score (nSPS) is 10.8. The molecule has 0 spiro atoms. The van der Waals surface area contributed by atoms with E-state index in [2.05, 4.69) is 30.6 Å². The van der Waals surface area contributed by atoms with Crippen molar-refractivity contribution in [2.24, 2.45) is 0 Å². The highest BCUT2D eigenvalue weighted by Gasteiger charge is 2.22. The minimum atomic E-state index is -0.792. The maximum absolute atomic E-state index is 15.0. The van der Waals surface area contributed by atoms with Crippen molar-refractivity contribution in [1.82, 2.24) is 9.97 Å². The molecule has 9 heteroatoms. The number of methoxy groups -OCH3 is 3. The number of ether oxygens (including phenoxy) is 4. The van der Waals surface area contributed by atoms with Crippen LogP contribution in [0.5, 0.6) is 11.6 Å².